The largest absolute Gasteiger partial charge is 0.372 e. The molecule has 146 valence electrons. The molecule has 2 saturated heterocycles. The van der Waals surface area contributed by atoms with Gasteiger partial charge in [-0.1, -0.05) is 0 Å². The molecule has 8 heteroatoms. The molecule has 0 bridgehead atoms. The maximum Gasteiger partial charge on any atom is 0.257 e. The Morgan fingerprint density at radius 3 is 2.18 bits per heavy atom. The fourth-order valence-corrected chi connectivity index (χ4v) is 3.58. The number of nitrogens with one attached hydrogen (secondary N) is 1. The van der Waals surface area contributed by atoms with Crippen molar-refractivity contribution in [2.75, 3.05) is 49.5 Å². The number of aromatic nitrogens is 2. The maximum atomic E-state index is 12.5. The molecule has 0 saturated carbocycles. The van der Waals surface area contributed by atoms with Gasteiger partial charge < -0.3 is 20.0 Å². The molecule has 2 aromatic rings. The Hall–Kier alpha value is -3.16. The molecular formula is C20H24N6O2. The predicted molar refractivity (Wildman–Crippen MR) is 107 cm³/mol. The quantitative estimate of drug-likeness (QED) is 0.796. The Bertz CT molecular complexity index is 810. The second kappa shape index (κ2) is 8.24. The normalized spacial score (nSPS) is 16.9. The van der Waals surface area contributed by atoms with Gasteiger partial charge in [0.1, 0.15) is 0 Å². The number of rotatable bonds is 5. The lowest BCUT2D eigenvalue weighted by Crippen LogP contribution is -2.48. The van der Waals surface area contributed by atoms with Crippen molar-refractivity contribution in [1.29, 1.82) is 0 Å². The molecule has 4 rings (SSSR count). The van der Waals surface area contributed by atoms with Gasteiger partial charge in [0.25, 0.3) is 5.91 Å². The van der Waals surface area contributed by atoms with E-state index in [1.165, 1.54) is 18.5 Å². The van der Waals surface area contributed by atoms with E-state index in [2.05, 4.69) is 32.3 Å². The number of hydrogen-bond acceptors (Lipinski definition) is 6. The van der Waals surface area contributed by atoms with Gasteiger partial charge in [-0.3, -0.25) is 9.59 Å². The van der Waals surface area contributed by atoms with Gasteiger partial charge in [0.05, 0.1) is 5.56 Å². The van der Waals surface area contributed by atoms with E-state index in [4.69, 9.17) is 0 Å². The molecular weight excluding hydrogens is 356 g/mol. The van der Waals surface area contributed by atoms with Crippen LogP contribution >= 0.6 is 0 Å². The van der Waals surface area contributed by atoms with Crippen LogP contribution in [0.15, 0.2) is 36.7 Å². The molecule has 0 spiro atoms. The van der Waals surface area contributed by atoms with E-state index in [0.29, 0.717) is 37.7 Å². The van der Waals surface area contributed by atoms with Gasteiger partial charge in [0, 0.05) is 63.0 Å². The second-order valence-corrected chi connectivity index (χ2v) is 7.09. The highest BCUT2D eigenvalue weighted by molar-refractivity contribution is 5.93. The number of carbonyl (C=O) groups excluding carboxylic acids is 2. The van der Waals surface area contributed by atoms with Crippen LogP contribution in [0.4, 0.5) is 17.3 Å². The Morgan fingerprint density at radius 1 is 0.929 bits per heavy atom. The molecule has 2 aliphatic heterocycles. The SMILES string of the molecule is O=CN1CCN(C(=O)c2cnc(Nc3ccc(N4CCCC4)cc3)nc2)CC1. The van der Waals surface area contributed by atoms with Crippen molar-refractivity contribution in [3.63, 3.8) is 0 Å². The number of nitrogens with zero attached hydrogens (tertiary/aromatic N) is 5. The summed E-state index contributed by atoms with van der Waals surface area (Å²) in [7, 11) is 0. The third-order valence-electron chi connectivity index (χ3n) is 5.24. The molecule has 3 heterocycles. The Kier molecular flexibility index (Phi) is 5.36. The third kappa shape index (κ3) is 4.05. The average Bonchev–Trinajstić information content (AvgIpc) is 3.29. The van der Waals surface area contributed by atoms with E-state index in [1.54, 1.807) is 22.2 Å². The summed E-state index contributed by atoms with van der Waals surface area (Å²) < 4.78 is 0. The van der Waals surface area contributed by atoms with Crippen molar-refractivity contribution < 1.29 is 9.59 Å². The zero-order valence-electron chi connectivity index (χ0n) is 15.8. The molecule has 1 aromatic heterocycles. The van der Waals surface area contributed by atoms with Crippen LogP contribution < -0.4 is 10.2 Å². The first-order valence-corrected chi connectivity index (χ1v) is 9.65. The number of piperazine rings is 1. The lowest BCUT2D eigenvalue weighted by Gasteiger charge is -2.32. The van der Waals surface area contributed by atoms with Crippen LogP contribution in [0.5, 0.6) is 0 Å². The lowest BCUT2D eigenvalue weighted by atomic mass is 10.2. The van der Waals surface area contributed by atoms with Gasteiger partial charge in [-0.2, -0.15) is 0 Å². The minimum atomic E-state index is -0.105. The van der Waals surface area contributed by atoms with Crippen LogP contribution in [0, 0.1) is 0 Å². The van der Waals surface area contributed by atoms with Gasteiger partial charge in [-0.15, -0.1) is 0 Å². The monoisotopic (exact) mass is 380 g/mol. The van der Waals surface area contributed by atoms with Gasteiger partial charge >= 0.3 is 0 Å². The summed E-state index contributed by atoms with van der Waals surface area (Å²) in [4.78, 5) is 37.6. The number of anilines is 3. The second-order valence-electron chi connectivity index (χ2n) is 7.09. The summed E-state index contributed by atoms with van der Waals surface area (Å²) >= 11 is 0. The summed E-state index contributed by atoms with van der Waals surface area (Å²) in [6.45, 7) is 4.42. The predicted octanol–water partition coefficient (Wildman–Crippen LogP) is 1.73. The molecule has 2 amide bonds. The minimum Gasteiger partial charge on any atom is -0.372 e. The van der Waals surface area contributed by atoms with E-state index < -0.39 is 0 Å². The number of benzene rings is 1. The molecule has 0 unspecified atom stereocenters. The summed E-state index contributed by atoms with van der Waals surface area (Å²) in [5.41, 5.74) is 2.60. The van der Waals surface area contributed by atoms with Crippen molar-refractivity contribution in [3.05, 3.63) is 42.2 Å². The van der Waals surface area contributed by atoms with Gasteiger partial charge in [-0.05, 0) is 37.1 Å². The van der Waals surface area contributed by atoms with Gasteiger partial charge in [0.15, 0.2) is 0 Å². The maximum absolute atomic E-state index is 12.5. The van der Waals surface area contributed by atoms with Crippen molar-refractivity contribution >= 4 is 29.6 Å². The minimum absolute atomic E-state index is 0.105. The molecule has 0 aliphatic carbocycles. The highest BCUT2D eigenvalue weighted by Crippen LogP contribution is 2.23. The van der Waals surface area contributed by atoms with E-state index >= 15 is 0 Å². The highest BCUT2D eigenvalue weighted by Gasteiger charge is 2.21. The van der Waals surface area contributed by atoms with E-state index in [9.17, 15) is 9.59 Å². The zero-order chi connectivity index (χ0) is 19.3. The standard InChI is InChI=1S/C20H24N6O2/c27-15-24-9-11-26(12-10-24)19(28)16-13-21-20(22-14-16)23-17-3-5-18(6-4-17)25-7-1-2-8-25/h3-6,13-15H,1-2,7-12H2,(H,21,22,23). The molecule has 1 aromatic carbocycles. The molecule has 2 aliphatic rings. The fourth-order valence-electron chi connectivity index (χ4n) is 3.58. The number of carbonyl (C=O) groups is 2. The Labute approximate surface area is 164 Å². The van der Waals surface area contributed by atoms with E-state index in [1.807, 2.05) is 12.1 Å². The molecule has 0 radical (unpaired) electrons. The molecule has 28 heavy (non-hydrogen) atoms. The van der Waals surface area contributed by atoms with Crippen LogP contribution in [0.3, 0.4) is 0 Å². The third-order valence-corrected chi connectivity index (χ3v) is 5.24. The summed E-state index contributed by atoms with van der Waals surface area (Å²) in [5.74, 6) is 0.350. The molecule has 0 atom stereocenters. The van der Waals surface area contributed by atoms with Crippen LogP contribution in [0.2, 0.25) is 0 Å². The van der Waals surface area contributed by atoms with Crippen LogP contribution in [-0.4, -0.2) is 71.4 Å². The molecule has 2 fully saturated rings. The average molecular weight is 380 g/mol. The fraction of sp³-hybridized carbons (Fsp3) is 0.400. The Morgan fingerprint density at radius 2 is 1.57 bits per heavy atom. The number of amides is 2. The van der Waals surface area contributed by atoms with Crippen molar-refractivity contribution in [3.8, 4) is 0 Å². The lowest BCUT2D eigenvalue weighted by molar-refractivity contribution is -0.119. The smallest absolute Gasteiger partial charge is 0.257 e. The zero-order valence-corrected chi connectivity index (χ0v) is 15.8. The topological polar surface area (TPSA) is 81.7 Å². The van der Waals surface area contributed by atoms with Gasteiger partial charge in [0.2, 0.25) is 12.4 Å². The Balaban J connectivity index is 1.35. The van der Waals surface area contributed by atoms with Crippen molar-refractivity contribution in [2.45, 2.75) is 12.8 Å². The van der Waals surface area contributed by atoms with Crippen LogP contribution in [-0.2, 0) is 4.79 Å². The first-order valence-electron chi connectivity index (χ1n) is 9.65. The summed E-state index contributed by atoms with van der Waals surface area (Å²) in [6, 6.07) is 8.24. The highest BCUT2D eigenvalue weighted by atomic mass is 16.2. The first kappa shape index (κ1) is 18.2. The van der Waals surface area contributed by atoms with Gasteiger partial charge in [-0.25, -0.2) is 9.97 Å². The van der Waals surface area contributed by atoms with Crippen LogP contribution in [0.25, 0.3) is 0 Å². The number of hydrogen-bond donors (Lipinski definition) is 1. The van der Waals surface area contributed by atoms with Crippen molar-refractivity contribution in [1.82, 2.24) is 19.8 Å². The van der Waals surface area contributed by atoms with Crippen molar-refractivity contribution in [2.24, 2.45) is 0 Å². The van der Waals surface area contributed by atoms with Crippen LogP contribution in [0.1, 0.15) is 23.2 Å². The van der Waals surface area contributed by atoms with E-state index in [-0.39, 0.29) is 5.91 Å². The summed E-state index contributed by atoms with van der Waals surface area (Å²) in [6.07, 6.45) is 6.42. The molecule has 8 nitrogen and oxygen atoms in total. The van der Waals surface area contributed by atoms with E-state index in [0.717, 1.165) is 25.2 Å². The first-order chi connectivity index (χ1) is 13.7. The summed E-state index contributed by atoms with van der Waals surface area (Å²) in [5, 5.41) is 3.17. The molecule has 1 N–H and O–H groups in total.